The summed E-state index contributed by atoms with van der Waals surface area (Å²) in [5.74, 6) is -1.25. The summed E-state index contributed by atoms with van der Waals surface area (Å²) in [4.78, 5) is 52.2. The van der Waals surface area contributed by atoms with E-state index in [1.54, 1.807) is 42.2 Å². The van der Waals surface area contributed by atoms with Gasteiger partial charge in [-0.15, -0.1) is 5.10 Å². The summed E-state index contributed by atoms with van der Waals surface area (Å²) in [6.07, 6.45) is 1.68. The fraction of sp³-hybridized carbons (Fsp3) is 0.500. The van der Waals surface area contributed by atoms with Gasteiger partial charge >= 0.3 is 5.97 Å². The number of carbonyl (C=O) groups excluding carboxylic acids is 4. The summed E-state index contributed by atoms with van der Waals surface area (Å²) in [7, 11) is 1.72. The highest BCUT2D eigenvalue weighted by Crippen LogP contribution is 2.57. The molecule has 3 aliphatic heterocycles. The minimum Gasteiger partial charge on any atom is -0.508 e. The lowest BCUT2D eigenvalue weighted by Crippen LogP contribution is -2.50. The Morgan fingerprint density at radius 2 is 1.51 bits per heavy atom. The van der Waals surface area contributed by atoms with E-state index in [0.717, 1.165) is 5.69 Å². The van der Waals surface area contributed by atoms with Crippen molar-refractivity contribution in [2.75, 3.05) is 79.6 Å². The lowest BCUT2D eigenvalue weighted by molar-refractivity contribution is -0.271. The zero-order chi connectivity index (χ0) is 55.0. The number of phenolic OH excluding ortho intramolecular Hbond substituents is 2. The molecule has 0 unspecified atom stereocenters. The quantitative estimate of drug-likeness (QED) is 0.0212. The summed E-state index contributed by atoms with van der Waals surface area (Å²) >= 11 is 0. The number of benzene rings is 3. The van der Waals surface area contributed by atoms with Gasteiger partial charge < -0.3 is 84.7 Å². The summed E-state index contributed by atoms with van der Waals surface area (Å²) in [6.45, 7) is 4.11. The Kier molecular flexibility index (Phi) is 20.2. The Morgan fingerprint density at radius 3 is 2.21 bits per heavy atom. The van der Waals surface area contributed by atoms with Crippen LogP contribution in [0.2, 0.25) is 0 Å². The number of phenols is 2. The Morgan fingerprint density at radius 1 is 0.833 bits per heavy atom. The van der Waals surface area contributed by atoms with Crippen molar-refractivity contribution in [3.8, 4) is 23.0 Å². The van der Waals surface area contributed by atoms with Crippen LogP contribution < -0.4 is 26.0 Å². The Balaban J connectivity index is 0.620. The molecule has 1 saturated heterocycles. The van der Waals surface area contributed by atoms with Gasteiger partial charge in [0.15, 0.2) is 11.9 Å². The van der Waals surface area contributed by atoms with Crippen LogP contribution in [0.3, 0.4) is 0 Å². The monoisotopic (exact) mass is 1090 g/mol. The molecule has 5 atom stereocenters. The number of aliphatic hydroxyl groups excluding tert-OH is 3. The first kappa shape index (κ1) is 57.2. The molecule has 3 amide bonds. The molecule has 422 valence electrons. The Bertz CT molecular complexity index is 2740. The second-order valence-electron chi connectivity index (χ2n) is 18.7. The minimum atomic E-state index is -1.46. The molecule has 10 N–H and O–H groups in total. The number of H-pyrrole nitrogens is 1. The van der Waals surface area contributed by atoms with Crippen molar-refractivity contribution < 1.29 is 82.6 Å². The molecule has 5 aromatic rings. The number of aromatic amines is 1. The number of carbonyl (C=O) groups is 4. The third kappa shape index (κ3) is 14.6. The predicted molar refractivity (Wildman–Crippen MR) is 271 cm³/mol. The van der Waals surface area contributed by atoms with Gasteiger partial charge in [-0.25, -0.2) is 9.48 Å². The molecule has 26 nitrogen and oxygen atoms in total. The number of hydrogen-bond acceptors (Lipinski definition) is 20. The van der Waals surface area contributed by atoms with E-state index in [1.165, 1.54) is 35.0 Å². The van der Waals surface area contributed by atoms with Crippen molar-refractivity contribution in [3.63, 3.8) is 0 Å². The Labute approximate surface area is 448 Å². The molecule has 1 spiro atoms. The molecule has 0 aliphatic carbocycles. The van der Waals surface area contributed by atoms with Gasteiger partial charge in [0.25, 0.3) is 5.91 Å². The number of amides is 3. The van der Waals surface area contributed by atoms with E-state index in [2.05, 4.69) is 36.7 Å². The van der Waals surface area contributed by atoms with Crippen LogP contribution in [0.15, 0.2) is 67.0 Å². The fourth-order valence-electron chi connectivity index (χ4n) is 9.13. The average molecular weight is 1090 g/mol. The van der Waals surface area contributed by atoms with Crippen molar-refractivity contribution in [3.05, 3.63) is 106 Å². The number of ether oxygens (including phenoxy) is 8. The lowest BCUT2D eigenvalue weighted by Gasteiger charge is -2.36. The maximum atomic E-state index is 13.5. The van der Waals surface area contributed by atoms with E-state index in [9.17, 15) is 44.7 Å². The smallest absolute Gasteiger partial charge is 0.340 e. The topological polar surface area (TPSA) is 343 Å². The summed E-state index contributed by atoms with van der Waals surface area (Å²) in [6, 6.07) is 13.1. The first-order chi connectivity index (χ1) is 37.8. The van der Waals surface area contributed by atoms with Crippen LogP contribution in [0.25, 0.3) is 0 Å². The molecule has 0 saturated carbocycles. The maximum absolute atomic E-state index is 13.5. The van der Waals surface area contributed by atoms with Gasteiger partial charge in [-0.3, -0.25) is 24.2 Å². The highest BCUT2D eigenvalue weighted by Gasteiger charge is 2.54. The summed E-state index contributed by atoms with van der Waals surface area (Å²) < 4.78 is 48.5. The standard InChI is InChI=1S/C52H67N9O17/c1-53-42(49(69)55-12-14-71-16-17-72-18-19-73-20-21-74-31-34-28-60(58-34)13-15-75-51-47(67)43(65)25-37(30-62)76-51)4-2-3-11-54-46(66)29-61-27-33(57-59-61)26-56-48(68)32-5-8-39-38(22-32)50(70)78-52(39)40-9-6-35(63)23-44(40)77-45-24-36(64)7-10-41(45)52/h5-10,22-24,27-28,37,42-43,47,51,53,58,62-65,67H,2-4,11-21,25-26,29-31H2,1H3,(H,54,66)(H,55,69)(H,56,68)/t37-,42-,43-,47+,51+/m0/s1. The number of nitrogens with zero attached hydrogens (tertiary/aromatic N) is 4. The zero-order valence-corrected chi connectivity index (χ0v) is 43.1. The van der Waals surface area contributed by atoms with E-state index in [4.69, 9.17) is 37.9 Å². The van der Waals surface area contributed by atoms with Crippen LogP contribution in [0, 0.1) is 0 Å². The summed E-state index contributed by atoms with van der Waals surface area (Å²) in [5, 5.41) is 72.3. The molecule has 3 aliphatic rings. The number of fused-ring (bicyclic) bond motifs is 6. The molecular formula is C52H67N9O17. The van der Waals surface area contributed by atoms with Crippen LogP contribution in [-0.2, 0) is 74.6 Å². The molecule has 78 heavy (non-hydrogen) atoms. The van der Waals surface area contributed by atoms with E-state index >= 15 is 0 Å². The average Bonchev–Trinajstić information content (AvgIpc) is 4.01. The normalized spacial score (nSPS) is 18.4. The van der Waals surface area contributed by atoms with E-state index < -0.39 is 48.1 Å². The maximum Gasteiger partial charge on any atom is 0.340 e. The summed E-state index contributed by atoms with van der Waals surface area (Å²) in [5.41, 5.74) is 1.56. The number of nitrogens with one attached hydrogen (secondary N) is 5. The number of hydrogen-bond donors (Lipinski definition) is 10. The van der Waals surface area contributed by atoms with Crippen molar-refractivity contribution in [1.82, 2.24) is 46.0 Å². The zero-order valence-electron chi connectivity index (χ0n) is 43.1. The number of likely N-dealkylation sites (N-methyl/N-ethyl adjacent to an activating group) is 1. The second-order valence-corrected chi connectivity index (χ2v) is 18.7. The van der Waals surface area contributed by atoms with Crippen LogP contribution >= 0.6 is 0 Å². The van der Waals surface area contributed by atoms with Gasteiger partial charge in [-0.1, -0.05) is 11.3 Å². The molecule has 5 heterocycles. The third-order valence-electron chi connectivity index (χ3n) is 13.1. The first-order valence-electron chi connectivity index (χ1n) is 25.8. The molecular weight excluding hydrogens is 1020 g/mol. The first-order valence-corrected chi connectivity index (χ1v) is 25.8. The van der Waals surface area contributed by atoms with Crippen LogP contribution in [-0.4, -0.2) is 184 Å². The number of aliphatic hydroxyl groups is 3. The lowest BCUT2D eigenvalue weighted by atomic mass is 9.77. The van der Waals surface area contributed by atoms with Gasteiger partial charge in [0.1, 0.15) is 41.3 Å². The largest absolute Gasteiger partial charge is 0.508 e. The molecule has 0 radical (unpaired) electrons. The number of rotatable bonds is 31. The molecule has 1 fully saturated rings. The van der Waals surface area contributed by atoms with Crippen LogP contribution in [0.1, 0.15) is 74.5 Å². The van der Waals surface area contributed by atoms with Gasteiger partial charge in [0.2, 0.25) is 11.8 Å². The molecule has 2 aromatic heterocycles. The number of aromatic nitrogens is 5. The van der Waals surface area contributed by atoms with Crippen molar-refractivity contribution in [2.24, 2.45) is 0 Å². The fourth-order valence-corrected chi connectivity index (χ4v) is 9.13. The molecule has 26 heteroatoms. The highest BCUT2D eigenvalue weighted by molar-refractivity contribution is 6.01. The van der Waals surface area contributed by atoms with Crippen molar-refractivity contribution in [2.45, 2.75) is 88.2 Å². The van der Waals surface area contributed by atoms with Gasteiger partial charge in [-0.2, -0.15) is 0 Å². The predicted octanol–water partition coefficient (Wildman–Crippen LogP) is 0.420. The van der Waals surface area contributed by atoms with E-state index in [-0.39, 0.29) is 78.7 Å². The van der Waals surface area contributed by atoms with Gasteiger partial charge in [0, 0.05) is 60.1 Å². The molecule has 8 rings (SSSR count). The van der Waals surface area contributed by atoms with E-state index in [1.807, 2.05) is 6.20 Å². The number of unbranched alkanes of at least 4 members (excludes halogenated alkanes) is 1. The highest BCUT2D eigenvalue weighted by atomic mass is 16.7. The van der Waals surface area contributed by atoms with Crippen LogP contribution in [0.5, 0.6) is 23.0 Å². The van der Waals surface area contributed by atoms with Crippen molar-refractivity contribution in [1.29, 1.82) is 0 Å². The van der Waals surface area contributed by atoms with Crippen LogP contribution in [0.4, 0.5) is 0 Å². The van der Waals surface area contributed by atoms with Gasteiger partial charge in [0.05, 0.1) is 115 Å². The molecule has 3 aromatic carbocycles. The molecule has 0 bridgehead atoms. The van der Waals surface area contributed by atoms with Gasteiger partial charge in [-0.05, 0) is 62.7 Å². The van der Waals surface area contributed by atoms with E-state index in [0.29, 0.717) is 114 Å². The minimum absolute atomic E-state index is 0.00901. The second kappa shape index (κ2) is 27.6. The number of esters is 1. The Hall–Kier alpha value is -6.98. The van der Waals surface area contributed by atoms with Crippen molar-refractivity contribution >= 4 is 23.7 Å². The number of aromatic hydroxyl groups is 2. The third-order valence-corrected chi connectivity index (χ3v) is 13.1. The SMILES string of the molecule is CN[C@@H](CCCCNC(=O)Cn1cc(CNC(=O)c2ccc3c(c2)C(=O)OC32c3ccc(O)cc3Oc3cc(O)ccc32)nn1)C(=O)NCCOCCOCCOCCOCc1cn(CCO[C@@H]2O[C@H](CO)C[C@H](O)[C@H]2O)[nH]1.